The summed E-state index contributed by atoms with van der Waals surface area (Å²) >= 11 is 0. The van der Waals surface area contributed by atoms with E-state index >= 15 is 0 Å². The van der Waals surface area contributed by atoms with Gasteiger partial charge in [-0.05, 0) is 106 Å². The molecule has 0 bridgehead atoms. The minimum absolute atomic E-state index is 0.676. The topological polar surface area (TPSA) is 0 Å². The van der Waals surface area contributed by atoms with Gasteiger partial charge in [-0.15, -0.1) is 0 Å². The van der Waals surface area contributed by atoms with Gasteiger partial charge in [0.25, 0.3) is 0 Å². The van der Waals surface area contributed by atoms with Crippen LogP contribution in [0.15, 0.2) is 217 Å². The highest BCUT2D eigenvalue weighted by Gasteiger charge is 2.29. The zero-order chi connectivity index (χ0) is 33.5. The molecule has 0 saturated carbocycles. The summed E-state index contributed by atoms with van der Waals surface area (Å²) in [6, 6.07) is 66.3. The molecule has 2 heteroatoms. The number of allylic oxidation sites excluding steroid dienone is 6. The van der Waals surface area contributed by atoms with Crippen LogP contribution < -0.4 is 0 Å². The SMILES string of the molecule is C1=C(c2ccccc2)P(Cc2ccccc2)C(c2ccccc2)=CC1=C1C=C(c2ccccc2)P(Cc2ccccc2)C(c2ccccc2)=C1. The molecule has 6 aromatic carbocycles. The summed E-state index contributed by atoms with van der Waals surface area (Å²) in [7, 11) is -1.35. The van der Waals surface area contributed by atoms with Crippen molar-refractivity contribution in [2.45, 2.75) is 12.3 Å². The van der Waals surface area contributed by atoms with Gasteiger partial charge in [-0.25, -0.2) is 0 Å². The summed E-state index contributed by atoms with van der Waals surface area (Å²) in [6.07, 6.45) is 12.0. The van der Waals surface area contributed by atoms with Gasteiger partial charge < -0.3 is 0 Å². The van der Waals surface area contributed by atoms with E-state index in [4.69, 9.17) is 0 Å². The smallest absolute Gasteiger partial charge is 0.000786 e. The van der Waals surface area contributed by atoms with E-state index < -0.39 is 15.8 Å². The van der Waals surface area contributed by atoms with Gasteiger partial charge in [-0.3, -0.25) is 0 Å². The Kier molecular flexibility index (Phi) is 9.75. The zero-order valence-electron chi connectivity index (χ0n) is 27.9. The highest BCUT2D eigenvalue weighted by Crippen LogP contribution is 2.67. The molecule has 0 unspecified atom stereocenters. The quantitative estimate of drug-likeness (QED) is 0.141. The molecule has 2 aliphatic rings. The van der Waals surface area contributed by atoms with Crippen LogP contribution in [-0.2, 0) is 12.3 Å². The van der Waals surface area contributed by atoms with Crippen LogP contribution >= 0.6 is 15.8 Å². The number of benzene rings is 6. The van der Waals surface area contributed by atoms with Gasteiger partial charge >= 0.3 is 0 Å². The maximum atomic E-state index is 2.51. The van der Waals surface area contributed by atoms with Gasteiger partial charge in [0.2, 0.25) is 0 Å². The van der Waals surface area contributed by atoms with E-state index in [1.165, 1.54) is 65.8 Å². The van der Waals surface area contributed by atoms with E-state index in [9.17, 15) is 0 Å². The molecular weight excluding hydrogens is 638 g/mol. The first kappa shape index (κ1) is 32.1. The van der Waals surface area contributed by atoms with Crippen molar-refractivity contribution in [1.29, 1.82) is 0 Å². The van der Waals surface area contributed by atoms with Crippen molar-refractivity contribution in [2.75, 3.05) is 0 Å². The average Bonchev–Trinajstić information content (AvgIpc) is 3.20. The van der Waals surface area contributed by atoms with E-state index in [1.807, 2.05) is 0 Å². The molecule has 0 N–H and O–H groups in total. The third-order valence-corrected chi connectivity index (χ3v) is 14.5. The molecule has 6 aromatic rings. The van der Waals surface area contributed by atoms with Gasteiger partial charge in [-0.1, -0.05) is 182 Å². The van der Waals surface area contributed by atoms with Crippen LogP contribution in [0.3, 0.4) is 0 Å². The lowest BCUT2D eigenvalue weighted by molar-refractivity contribution is 1.40. The van der Waals surface area contributed by atoms with Gasteiger partial charge in [0.05, 0.1) is 0 Å². The van der Waals surface area contributed by atoms with E-state index in [0.29, 0.717) is 0 Å². The minimum atomic E-state index is -0.676. The third kappa shape index (κ3) is 7.11. The van der Waals surface area contributed by atoms with Gasteiger partial charge in [0.1, 0.15) is 0 Å². The molecule has 0 aromatic heterocycles. The molecule has 0 aliphatic carbocycles. The molecule has 0 amide bonds. The van der Waals surface area contributed by atoms with Crippen LogP contribution in [-0.4, -0.2) is 0 Å². The van der Waals surface area contributed by atoms with Gasteiger partial charge in [0.15, 0.2) is 0 Å². The van der Waals surface area contributed by atoms with Crippen molar-refractivity contribution in [2.24, 2.45) is 0 Å². The summed E-state index contributed by atoms with van der Waals surface area (Å²) < 4.78 is 0. The molecule has 0 radical (unpaired) electrons. The highest BCUT2D eigenvalue weighted by molar-refractivity contribution is 7.78. The average molecular weight is 677 g/mol. The molecule has 240 valence electrons. The molecule has 50 heavy (non-hydrogen) atoms. The Bertz CT molecular complexity index is 1930. The fourth-order valence-corrected chi connectivity index (χ4v) is 12.2. The van der Waals surface area contributed by atoms with Crippen LogP contribution in [0.5, 0.6) is 0 Å². The second kappa shape index (κ2) is 15.2. The summed E-state index contributed by atoms with van der Waals surface area (Å²) in [5.74, 6) is 0. The zero-order valence-corrected chi connectivity index (χ0v) is 29.7. The largest absolute Gasteiger partial charge is 0.0622 e. The Morgan fingerprint density at radius 2 is 0.480 bits per heavy atom. The first-order valence-corrected chi connectivity index (χ1v) is 20.3. The van der Waals surface area contributed by atoms with E-state index in [0.717, 1.165) is 12.3 Å². The Hall–Kier alpha value is -5.12. The number of hydrogen-bond acceptors (Lipinski definition) is 0. The fourth-order valence-electron chi connectivity index (χ4n) is 6.84. The summed E-state index contributed by atoms with van der Waals surface area (Å²) in [5, 5.41) is 5.70. The molecule has 2 heterocycles. The Balaban J connectivity index is 1.38. The predicted molar refractivity (Wildman–Crippen MR) is 219 cm³/mol. The van der Waals surface area contributed by atoms with E-state index in [2.05, 4.69) is 206 Å². The van der Waals surface area contributed by atoms with Crippen molar-refractivity contribution in [1.82, 2.24) is 0 Å². The van der Waals surface area contributed by atoms with Crippen LogP contribution in [0.4, 0.5) is 0 Å². The van der Waals surface area contributed by atoms with Crippen molar-refractivity contribution in [3.63, 3.8) is 0 Å². The molecule has 0 atom stereocenters. The maximum Gasteiger partial charge on any atom is 0.000786 e. The fraction of sp³-hybridized carbons (Fsp3) is 0.0417. The van der Waals surface area contributed by atoms with E-state index in [1.54, 1.807) is 0 Å². The lowest BCUT2D eigenvalue weighted by atomic mass is 10.00. The van der Waals surface area contributed by atoms with Crippen LogP contribution in [0.2, 0.25) is 0 Å². The lowest BCUT2D eigenvalue weighted by Gasteiger charge is -2.32. The Morgan fingerprint density at radius 1 is 0.260 bits per heavy atom. The molecule has 2 aliphatic heterocycles. The van der Waals surface area contributed by atoms with Crippen molar-refractivity contribution in [3.8, 4) is 0 Å². The van der Waals surface area contributed by atoms with Crippen LogP contribution in [0.25, 0.3) is 21.3 Å². The van der Waals surface area contributed by atoms with Crippen LogP contribution in [0.1, 0.15) is 33.4 Å². The van der Waals surface area contributed by atoms with Crippen molar-refractivity contribution >= 4 is 37.1 Å². The maximum absolute atomic E-state index is 2.51. The van der Waals surface area contributed by atoms with Gasteiger partial charge in [0, 0.05) is 12.3 Å². The predicted octanol–water partition coefficient (Wildman–Crippen LogP) is 13.8. The molecule has 0 fully saturated rings. The summed E-state index contributed by atoms with van der Waals surface area (Å²) in [5.41, 5.74) is 10.5. The Labute approximate surface area is 299 Å². The first-order chi connectivity index (χ1) is 24.8. The van der Waals surface area contributed by atoms with Crippen molar-refractivity contribution < 1.29 is 0 Å². The minimum Gasteiger partial charge on any atom is -0.0622 e. The Morgan fingerprint density at radius 3 is 0.720 bits per heavy atom. The van der Waals surface area contributed by atoms with E-state index in [-0.39, 0.29) is 0 Å². The lowest BCUT2D eigenvalue weighted by Crippen LogP contribution is -2.02. The number of rotatable bonds is 8. The first-order valence-electron chi connectivity index (χ1n) is 17.3. The number of hydrogen-bond donors (Lipinski definition) is 0. The van der Waals surface area contributed by atoms with Crippen LogP contribution in [0, 0.1) is 0 Å². The molecular formula is C48H38P2. The monoisotopic (exact) mass is 676 g/mol. The standard InChI is InChI=1S/C48H38P2/c1-7-19-37(20-8-1)35-49-45(39-23-11-3-12-24-39)31-43(32-46(49)40-25-13-4-14-26-40)44-33-47(41-27-15-5-16-28-41)50(36-38-21-9-2-10-22-38)48(34-44)42-29-17-6-18-30-42/h1-34H,35-36H2. The molecule has 0 nitrogen and oxygen atoms in total. The van der Waals surface area contributed by atoms with Crippen molar-refractivity contribution in [3.05, 3.63) is 251 Å². The summed E-state index contributed by atoms with van der Waals surface area (Å²) in [6.45, 7) is 0. The molecule has 0 spiro atoms. The second-order valence-corrected chi connectivity index (χ2v) is 16.9. The normalized spacial score (nSPS) is 17.4. The van der Waals surface area contributed by atoms with Gasteiger partial charge in [-0.2, -0.15) is 0 Å². The molecule has 8 rings (SSSR count). The highest BCUT2D eigenvalue weighted by atomic mass is 31.1. The second-order valence-electron chi connectivity index (χ2n) is 12.6. The summed E-state index contributed by atoms with van der Waals surface area (Å²) in [4.78, 5) is 0. The molecule has 0 saturated heterocycles. The third-order valence-electron chi connectivity index (χ3n) is 9.31.